The van der Waals surface area contributed by atoms with Crippen LogP contribution in [0, 0.1) is 5.41 Å². The minimum Gasteiger partial charge on any atom is -0.481 e. The third-order valence-corrected chi connectivity index (χ3v) is 4.58. The predicted molar refractivity (Wildman–Crippen MR) is 76.3 cm³/mol. The molecule has 1 saturated heterocycles. The van der Waals surface area contributed by atoms with Gasteiger partial charge in [0.1, 0.15) is 0 Å². The highest BCUT2D eigenvalue weighted by Gasteiger charge is 2.45. The van der Waals surface area contributed by atoms with Crippen molar-refractivity contribution in [2.45, 2.75) is 25.9 Å². The SMILES string of the molecule is CCC1(C(=O)O)CCN(c2ccc(Br)cc2C(F)(F)F)C1. The molecular weight excluding hydrogens is 351 g/mol. The van der Waals surface area contributed by atoms with Crippen LogP contribution >= 0.6 is 15.9 Å². The molecule has 21 heavy (non-hydrogen) atoms. The first-order chi connectivity index (χ1) is 9.69. The molecule has 1 heterocycles. The number of carbonyl (C=O) groups is 1. The lowest BCUT2D eigenvalue weighted by Crippen LogP contribution is -2.34. The zero-order chi connectivity index (χ0) is 15.8. The Kier molecular flexibility index (Phi) is 4.24. The average molecular weight is 366 g/mol. The number of carboxylic acids is 1. The van der Waals surface area contributed by atoms with Crippen molar-refractivity contribution in [3.8, 4) is 0 Å². The molecule has 7 heteroatoms. The molecule has 1 atom stereocenters. The van der Waals surface area contributed by atoms with E-state index in [1.807, 2.05) is 0 Å². The predicted octanol–water partition coefficient (Wildman–Crippen LogP) is 4.16. The minimum absolute atomic E-state index is 0.0438. The maximum absolute atomic E-state index is 13.2. The highest BCUT2D eigenvalue weighted by Crippen LogP contribution is 2.43. The number of rotatable bonds is 3. The van der Waals surface area contributed by atoms with E-state index in [-0.39, 0.29) is 12.2 Å². The molecule has 1 aliphatic heterocycles. The lowest BCUT2D eigenvalue weighted by Gasteiger charge is -2.26. The van der Waals surface area contributed by atoms with Crippen molar-refractivity contribution in [2.75, 3.05) is 18.0 Å². The smallest absolute Gasteiger partial charge is 0.418 e. The molecule has 116 valence electrons. The number of aliphatic carboxylic acids is 1. The number of hydrogen-bond acceptors (Lipinski definition) is 2. The fourth-order valence-electron chi connectivity index (χ4n) is 2.70. The summed E-state index contributed by atoms with van der Waals surface area (Å²) in [5.41, 5.74) is -1.66. The van der Waals surface area contributed by atoms with Gasteiger partial charge in [-0.05, 0) is 31.0 Å². The van der Waals surface area contributed by atoms with Gasteiger partial charge in [-0.2, -0.15) is 13.2 Å². The van der Waals surface area contributed by atoms with Crippen LogP contribution in [0.2, 0.25) is 0 Å². The highest BCUT2D eigenvalue weighted by atomic mass is 79.9. The van der Waals surface area contributed by atoms with Gasteiger partial charge in [-0.3, -0.25) is 4.79 Å². The van der Waals surface area contributed by atoms with Crippen LogP contribution in [0.5, 0.6) is 0 Å². The fourth-order valence-corrected chi connectivity index (χ4v) is 3.06. The standard InChI is InChI=1S/C14H15BrF3NO2/c1-2-13(12(20)21)5-6-19(8-13)11-4-3-9(15)7-10(11)14(16,17)18/h3-4,7H,2,5-6,8H2,1H3,(H,20,21). The van der Waals surface area contributed by atoms with Crippen molar-refractivity contribution < 1.29 is 23.1 Å². The summed E-state index contributed by atoms with van der Waals surface area (Å²) in [4.78, 5) is 12.9. The molecule has 1 unspecified atom stereocenters. The number of carboxylic acid groups (broad SMARTS) is 1. The van der Waals surface area contributed by atoms with Crippen molar-refractivity contribution in [3.63, 3.8) is 0 Å². The Morgan fingerprint density at radius 1 is 1.48 bits per heavy atom. The summed E-state index contributed by atoms with van der Waals surface area (Å²) in [6.45, 7) is 2.16. The summed E-state index contributed by atoms with van der Waals surface area (Å²) in [5.74, 6) is -0.946. The maximum atomic E-state index is 13.2. The summed E-state index contributed by atoms with van der Waals surface area (Å²) >= 11 is 3.04. The second-order valence-electron chi connectivity index (χ2n) is 5.27. The molecule has 0 spiro atoms. The zero-order valence-corrected chi connectivity index (χ0v) is 13.0. The molecule has 2 rings (SSSR count). The molecule has 1 N–H and O–H groups in total. The maximum Gasteiger partial charge on any atom is 0.418 e. The Hall–Kier alpha value is -1.24. The number of benzene rings is 1. The third kappa shape index (κ3) is 3.02. The van der Waals surface area contributed by atoms with Gasteiger partial charge in [0, 0.05) is 23.2 Å². The number of alkyl halides is 3. The molecule has 0 aromatic heterocycles. The van der Waals surface area contributed by atoms with Crippen molar-refractivity contribution in [1.29, 1.82) is 0 Å². The van der Waals surface area contributed by atoms with E-state index in [9.17, 15) is 23.1 Å². The Morgan fingerprint density at radius 3 is 2.62 bits per heavy atom. The van der Waals surface area contributed by atoms with Crippen molar-refractivity contribution in [3.05, 3.63) is 28.2 Å². The van der Waals surface area contributed by atoms with Gasteiger partial charge in [0.2, 0.25) is 0 Å². The first-order valence-electron chi connectivity index (χ1n) is 6.55. The first-order valence-corrected chi connectivity index (χ1v) is 7.34. The van der Waals surface area contributed by atoms with Gasteiger partial charge in [0.15, 0.2) is 0 Å². The molecule has 0 saturated carbocycles. The third-order valence-electron chi connectivity index (χ3n) is 4.09. The van der Waals surface area contributed by atoms with Gasteiger partial charge in [0.05, 0.1) is 11.0 Å². The summed E-state index contributed by atoms with van der Waals surface area (Å²) < 4.78 is 39.8. The quantitative estimate of drug-likeness (QED) is 0.874. The van der Waals surface area contributed by atoms with E-state index in [1.165, 1.54) is 17.0 Å². The van der Waals surface area contributed by atoms with Gasteiger partial charge < -0.3 is 10.0 Å². The minimum atomic E-state index is -4.47. The molecule has 1 aromatic rings. The van der Waals surface area contributed by atoms with Crippen LogP contribution in [0.4, 0.5) is 18.9 Å². The topological polar surface area (TPSA) is 40.5 Å². The van der Waals surface area contributed by atoms with Crippen LogP contribution in [0.15, 0.2) is 22.7 Å². The molecule has 0 radical (unpaired) electrons. The number of halogens is 4. The molecule has 0 aliphatic carbocycles. The zero-order valence-electron chi connectivity index (χ0n) is 11.4. The van der Waals surface area contributed by atoms with E-state index < -0.39 is 23.1 Å². The van der Waals surface area contributed by atoms with Crippen molar-refractivity contribution in [2.24, 2.45) is 5.41 Å². The van der Waals surface area contributed by atoms with Gasteiger partial charge in [-0.25, -0.2) is 0 Å². The van der Waals surface area contributed by atoms with E-state index in [0.29, 0.717) is 23.9 Å². The Morgan fingerprint density at radius 2 is 2.14 bits per heavy atom. The summed E-state index contributed by atoms with van der Waals surface area (Å²) in [7, 11) is 0. The van der Waals surface area contributed by atoms with Crippen molar-refractivity contribution in [1.82, 2.24) is 0 Å². The van der Waals surface area contributed by atoms with E-state index >= 15 is 0 Å². The van der Waals surface area contributed by atoms with Gasteiger partial charge in [0.25, 0.3) is 0 Å². The van der Waals surface area contributed by atoms with E-state index in [1.54, 1.807) is 6.92 Å². The van der Waals surface area contributed by atoms with Crippen LogP contribution in [-0.2, 0) is 11.0 Å². The van der Waals surface area contributed by atoms with Crippen LogP contribution < -0.4 is 4.90 Å². The Balaban J connectivity index is 2.39. The second-order valence-corrected chi connectivity index (χ2v) is 6.19. The summed E-state index contributed by atoms with van der Waals surface area (Å²) in [5, 5.41) is 9.35. The Labute approximate surface area is 128 Å². The normalized spacial score (nSPS) is 22.6. The fraction of sp³-hybridized carbons (Fsp3) is 0.500. The van der Waals surface area contributed by atoms with Crippen LogP contribution in [0.1, 0.15) is 25.3 Å². The van der Waals surface area contributed by atoms with Crippen LogP contribution in [-0.4, -0.2) is 24.2 Å². The molecule has 1 fully saturated rings. The van der Waals surface area contributed by atoms with E-state index in [2.05, 4.69) is 15.9 Å². The average Bonchev–Trinajstić information content (AvgIpc) is 2.83. The van der Waals surface area contributed by atoms with Crippen molar-refractivity contribution >= 4 is 27.6 Å². The molecule has 3 nitrogen and oxygen atoms in total. The molecular formula is C14H15BrF3NO2. The number of nitrogens with zero attached hydrogens (tertiary/aromatic N) is 1. The second kappa shape index (κ2) is 5.51. The van der Waals surface area contributed by atoms with Crippen LogP contribution in [0.3, 0.4) is 0 Å². The number of hydrogen-bond donors (Lipinski definition) is 1. The van der Waals surface area contributed by atoms with Gasteiger partial charge in [-0.15, -0.1) is 0 Å². The summed E-state index contributed by atoms with van der Waals surface area (Å²) in [6, 6.07) is 3.96. The molecule has 1 aliphatic rings. The Bertz CT molecular complexity index is 562. The first kappa shape index (κ1) is 16.1. The van der Waals surface area contributed by atoms with E-state index in [4.69, 9.17) is 0 Å². The summed E-state index contributed by atoms with van der Waals surface area (Å²) in [6.07, 6.45) is -3.72. The molecule has 1 aromatic carbocycles. The number of anilines is 1. The monoisotopic (exact) mass is 365 g/mol. The van der Waals surface area contributed by atoms with Crippen LogP contribution in [0.25, 0.3) is 0 Å². The largest absolute Gasteiger partial charge is 0.481 e. The molecule has 0 bridgehead atoms. The van der Waals surface area contributed by atoms with Gasteiger partial charge in [-0.1, -0.05) is 22.9 Å². The van der Waals surface area contributed by atoms with Gasteiger partial charge >= 0.3 is 12.1 Å². The molecule has 0 amide bonds. The lowest BCUT2D eigenvalue weighted by molar-refractivity contribution is -0.147. The van der Waals surface area contributed by atoms with E-state index in [0.717, 1.165) is 6.07 Å². The highest BCUT2D eigenvalue weighted by molar-refractivity contribution is 9.10. The lowest BCUT2D eigenvalue weighted by atomic mass is 9.84.